The smallest absolute Gasteiger partial charge is 0.237 e. The monoisotopic (exact) mass is 278 g/mol. The summed E-state index contributed by atoms with van der Waals surface area (Å²) in [5, 5.41) is 15.2. The molecule has 0 aromatic heterocycles. The summed E-state index contributed by atoms with van der Waals surface area (Å²) in [5.41, 5.74) is 1.09. The minimum atomic E-state index is -0.417. The van der Waals surface area contributed by atoms with Gasteiger partial charge >= 0.3 is 0 Å². The van der Waals surface area contributed by atoms with E-state index in [2.05, 4.69) is 10.6 Å². The molecule has 20 heavy (non-hydrogen) atoms. The number of ether oxygens (including phenoxy) is 2. The predicted molar refractivity (Wildman–Crippen MR) is 71.7 cm³/mol. The van der Waals surface area contributed by atoms with Crippen LogP contribution in [0.5, 0.6) is 11.5 Å². The van der Waals surface area contributed by atoms with Crippen LogP contribution in [0.2, 0.25) is 0 Å². The summed E-state index contributed by atoms with van der Waals surface area (Å²) in [6, 6.07) is 5.51. The van der Waals surface area contributed by atoms with Gasteiger partial charge in [0.05, 0.1) is 12.1 Å². The zero-order valence-corrected chi connectivity index (χ0v) is 11.1. The number of benzene rings is 1. The Morgan fingerprint density at radius 2 is 2.25 bits per heavy atom. The molecule has 0 aliphatic carbocycles. The van der Waals surface area contributed by atoms with Crippen LogP contribution in [0.15, 0.2) is 18.2 Å². The van der Waals surface area contributed by atoms with Crippen molar-refractivity contribution in [1.82, 2.24) is 10.6 Å². The molecule has 0 bridgehead atoms. The van der Waals surface area contributed by atoms with Crippen molar-refractivity contribution in [3.8, 4) is 11.5 Å². The zero-order valence-electron chi connectivity index (χ0n) is 11.1. The standard InChI is InChI=1S/C14H18N2O4/c17-10-6-11(16-7-10)14(18)15-4-3-9-1-2-12-13(5-9)20-8-19-12/h1-2,5,10-11,16-17H,3-4,6-8H2,(H,15,18)/t10-,11+/m1/s1. The maximum Gasteiger partial charge on any atom is 0.237 e. The number of amides is 1. The Kier molecular flexibility index (Phi) is 3.75. The molecule has 6 heteroatoms. The summed E-state index contributed by atoms with van der Waals surface area (Å²) in [7, 11) is 0. The van der Waals surface area contributed by atoms with Crippen molar-refractivity contribution in [1.29, 1.82) is 0 Å². The van der Waals surface area contributed by atoms with E-state index in [1.807, 2.05) is 18.2 Å². The number of fused-ring (bicyclic) bond motifs is 1. The molecule has 1 fully saturated rings. The highest BCUT2D eigenvalue weighted by molar-refractivity contribution is 5.82. The van der Waals surface area contributed by atoms with Crippen LogP contribution in [-0.4, -0.2) is 43.0 Å². The Labute approximate surface area is 117 Å². The number of hydrogen-bond donors (Lipinski definition) is 3. The van der Waals surface area contributed by atoms with E-state index in [0.717, 1.165) is 23.5 Å². The number of β-amino-alcohol motifs (C(OH)–C–C–N with tert-alkyl or cyclic N) is 1. The van der Waals surface area contributed by atoms with Gasteiger partial charge in [0.1, 0.15) is 0 Å². The van der Waals surface area contributed by atoms with Crippen molar-refractivity contribution in [2.75, 3.05) is 19.9 Å². The summed E-state index contributed by atoms with van der Waals surface area (Å²) in [6.07, 6.45) is 0.799. The topological polar surface area (TPSA) is 79.8 Å². The van der Waals surface area contributed by atoms with Crippen LogP contribution in [-0.2, 0) is 11.2 Å². The largest absolute Gasteiger partial charge is 0.454 e. The predicted octanol–water partition coefficient (Wildman–Crippen LogP) is -0.203. The number of rotatable bonds is 4. The maximum atomic E-state index is 11.8. The average Bonchev–Trinajstić information content (AvgIpc) is 3.06. The van der Waals surface area contributed by atoms with E-state index in [-0.39, 0.29) is 18.7 Å². The Balaban J connectivity index is 1.47. The molecule has 1 amide bonds. The summed E-state index contributed by atoms with van der Waals surface area (Å²) in [4.78, 5) is 11.8. The quantitative estimate of drug-likeness (QED) is 0.710. The number of nitrogens with one attached hydrogen (secondary N) is 2. The third-order valence-electron chi connectivity index (χ3n) is 3.57. The highest BCUT2D eigenvalue weighted by Crippen LogP contribution is 2.32. The van der Waals surface area contributed by atoms with Gasteiger partial charge in [-0.2, -0.15) is 0 Å². The lowest BCUT2D eigenvalue weighted by Gasteiger charge is -2.11. The van der Waals surface area contributed by atoms with Crippen molar-refractivity contribution in [3.05, 3.63) is 23.8 Å². The Morgan fingerprint density at radius 1 is 1.40 bits per heavy atom. The molecule has 0 saturated carbocycles. The van der Waals surface area contributed by atoms with Crippen LogP contribution in [0, 0.1) is 0 Å². The molecule has 0 radical (unpaired) electrons. The average molecular weight is 278 g/mol. The third kappa shape index (κ3) is 2.86. The molecule has 1 aromatic rings. The van der Waals surface area contributed by atoms with E-state index >= 15 is 0 Å². The molecule has 1 saturated heterocycles. The molecule has 0 spiro atoms. The second-order valence-electron chi connectivity index (χ2n) is 5.08. The van der Waals surface area contributed by atoms with Gasteiger partial charge in [-0.3, -0.25) is 4.79 Å². The van der Waals surface area contributed by atoms with Gasteiger partial charge in [-0.05, 0) is 30.5 Å². The van der Waals surface area contributed by atoms with Crippen molar-refractivity contribution < 1.29 is 19.4 Å². The van der Waals surface area contributed by atoms with E-state index in [9.17, 15) is 9.90 Å². The van der Waals surface area contributed by atoms with Crippen molar-refractivity contribution in [3.63, 3.8) is 0 Å². The van der Waals surface area contributed by atoms with E-state index < -0.39 is 6.10 Å². The zero-order chi connectivity index (χ0) is 13.9. The molecule has 0 unspecified atom stereocenters. The molecule has 2 heterocycles. The molecule has 2 aliphatic heterocycles. The molecular formula is C14H18N2O4. The first-order valence-corrected chi connectivity index (χ1v) is 6.80. The molecule has 2 atom stereocenters. The first-order chi connectivity index (χ1) is 9.72. The normalized spacial score (nSPS) is 23.9. The van der Waals surface area contributed by atoms with E-state index in [4.69, 9.17) is 9.47 Å². The molecule has 2 aliphatic rings. The summed E-state index contributed by atoms with van der Waals surface area (Å²) in [6.45, 7) is 1.32. The van der Waals surface area contributed by atoms with E-state index in [1.165, 1.54) is 0 Å². The first-order valence-electron chi connectivity index (χ1n) is 6.80. The van der Waals surface area contributed by atoms with E-state index in [1.54, 1.807) is 0 Å². The molecule has 6 nitrogen and oxygen atoms in total. The first kappa shape index (κ1) is 13.2. The van der Waals surface area contributed by atoms with Crippen LogP contribution in [0.1, 0.15) is 12.0 Å². The summed E-state index contributed by atoms with van der Waals surface area (Å²) >= 11 is 0. The van der Waals surface area contributed by atoms with Crippen molar-refractivity contribution in [2.45, 2.75) is 25.0 Å². The second kappa shape index (κ2) is 5.68. The minimum Gasteiger partial charge on any atom is -0.454 e. The van der Waals surface area contributed by atoms with Gasteiger partial charge in [0.15, 0.2) is 11.5 Å². The van der Waals surface area contributed by atoms with Gasteiger partial charge in [0.25, 0.3) is 0 Å². The SMILES string of the molecule is O=C(NCCc1ccc2c(c1)OCO2)[C@@H]1C[C@@H](O)CN1. The minimum absolute atomic E-state index is 0.0534. The molecule has 108 valence electrons. The second-order valence-corrected chi connectivity index (χ2v) is 5.08. The highest BCUT2D eigenvalue weighted by atomic mass is 16.7. The Bertz CT molecular complexity index is 506. The van der Waals surface area contributed by atoms with E-state index in [0.29, 0.717) is 19.5 Å². The maximum absolute atomic E-state index is 11.8. The van der Waals surface area contributed by atoms with Gasteiger partial charge in [-0.1, -0.05) is 6.07 Å². The number of aliphatic hydroxyl groups excluding tert-OH is 1. The Hall–Kier alpha value is -1.79. The van der Waals surface area contributed by atoms with Crippen LogP contribution >= 0.6 is 0 Å². The van der Waals surface area contributed by atoms with Crippen molar-refractivity contribution >= 4 is 5.91 Å². The molecule has 1 aromatic carbocycles. The number of carbonyl (C=O) groups is 1. The lowest BCUT2D eigenvalue weighted by molar-refractivity contribution is -0.122. The van der Waals surface area contributed by atoms with Gasteiger partial charge in [-0.15, -0.1) is 0 Å². The van der Waals surface area contributed by atoms with Gasteiger partial charge < -0.3 is 25.2 Å². The Morgan fingerprint density at radius 3 is 3.05 bits per heavy atom. The number of hydrogen-bond acceptors (Lipinski definition) is 5. The molecule has 3 N–H and O–H groups in total. The fourth-order valence-corrected chi connectivity index (χ4v) is 2.47. The van der Waals surface area contributed by atoms with Crippen molar-refractivity contribution in [2.24, 2.45) is 0 Å². The van der Waals surface area contributed by atoms with Gasteiger partial charge in [0, 0.05) is 13.1 Å². The summed E-state index contributed by atoms with van der Waals surface area (Å²) in [5.74, 6) is 1.47. The van der Waals surface area contributed by atoms with Gasteiger partial charge in [0.2, 0.25) is 12.7 Å². The lowest BCUT2D eigenvalue weighted by Crippen LogP contribution is -2.41. The number of carbonyl (C=O) groups excluding carboxylic acids is 1. The molecular weight excluding hydrogens is 260 g/mol. The summed E-state index contributed by atoms with van der Waals surface area (Å²) < 4.78 is 10.6. The fourth-order valence-electron chi connectivity index (χ4n) is 2.47. The van der Waals surface area contributed by atoms with Crippen LogP contribution in [0.25, 0.3) is 0 Å². The number of aliphatic hydroxyl groups is 1. The lowest BCUT2D eigenvalue weighted by atomic mass is 10.1. The fraction of sp³-hybridized carbons (Fsp3) is 0.500. The van der Waals surface area contributed by atoms with Crippen LogP contribution in [0.3, 0.4) is 0 Å². The van der Waals surface area contributed by atoms with Gasteiger partial charge in [-0.25, -0.2) is 0 Å². The highest BCUT2D eigenvalue weighted by Gasteiger charge is 2.27. The van der Waals surface area contributed by atoms with Crippen LogP contribution < -0.4 is 20.1 Å². The molecule has 3 rings (SSSR count). The third-order valence-corrected chi connectivity index (χ3v) is 3.57. The van der Waals surface area contributed by atoms with Crippen LogP contribution in [0.4, 0.5) is 0 Å².